The summed E-state index contributed by atoms with van der Waals surface area (Å²) in [5.41, 5.74) is 2.08. The molecule has 0 saturated heterocycles. The van der Waals surface area contributed by atoms with Crippen LogP contribution in [0.4, 0.5) is 5.00 Å². The fraction of sp³-hybridized carbons (Fsp3) is 0.647. The molecule has 1 N–H and O–H groups in total. The number of carbonyl (C=O) groups is 1. The Balaban J connectivity index is 2.29. The monoisotopic (exact) mass is 338 g/mol. The normalized spacial score (nSPS) is 19.2. The van der Waals surface area contributed by atoms with E-state index in [0.29, 0.717) is 21.9 Å². The molecule has 0 aromatic carbocycles. The topological polar surface area (TPSA) is 52.9 Å². The molecule has 1 aliphatic rings. The Kier molecular flexibility index (Phi) is 5.19. The van der Waals surface area contributed by atoms with Crippen molar-refractivity contribution in [3.8, 4) is 6.07 Å². The summed E-state index contributed by atoms with van der Waals surface area (Å²) in [6.45, 7) is 8.51. The molecule has 1 aliphatic carbocycles. The number of nitriles is 1. The highest BCUT2D eigenvalue weighted by Gasteiger charge is 2.34. The predicted octanol–water partition coefficient (Wildman–Crippen LogP) is 4.73. The smallest absolute Gasteiger partial charge is 0.242 e. The number of halogens is 1. The number of alkyl halides is 1. The van der Waals surface area contributed by atoms with Gasteiger partial charge in [0, 0.05) is 4.88 Å². The number of carbonyl (C=O) groups excluding carboxylic acids is 1. The van der Waals surface area contributed by atoms with E-state index < -0.39 is 5.38 Å². The molecule has 120 valence electrons. The molecule has 0 fully saturated rings. The summed E-state index contributed by atoms with van der Waals surface area (Å²) in [7, 11) is 0. The zero-order valence-electron chi connectivity index (χ0n) is 13.6. The minimum Gasteiger partial charge on any atom is -0.315 e. The van der Waals surface area contributed by atoms with Gasteiger partial charge in [-0.25, -0.2) is 0 Å². The average Bonchev–Trinajstić information content (AvgIpc) is 2.82. The van der Waals surface area contributed by atoms with E-state index in [4.69, 9.17) is 11.6 Å². The fourth-order valence-corrected chi connectivity index (χ4v) is 4.29. The van der Waals surface area contributed by atoms with Crippen molar-refractivity contribution < 1.29 is 4.79 Å². The minimum absolute atomic E-state index is 0.248. The highest BCUT2D eigenvalue weighted by molar-refractivity contribution is 7.16. The predicted molar refractivity (Wildman–Crippen MR) is 92.6 cm³/mol. The van der Waals surface area contributed by atoms with Crippen LogP contribution in [-0.2, 0) is 17.6 Å². The first-order valence-electron chi connectivity index (χ1n) is 7.79. The van der Waals surface area contributed by atoms with Crippen LogP contribution in [-0.4, -0.2) is 11.3 Å². The lowest BCUT2D eigenvalue weighted by molar-refractivity contribution is -0.115. The zero-order chi connectivity index (χ0) is 16.5. The SMILES string of the molecule is CCC(C)(C)C1CCc2c(sc(NC(=O)C(C)Cl)c2C#N)C1. The molecular weight excluding hydrogens is 316 g/mol. The third-order valence-electron chi connectivity index (χ3n) is 4.99. The van der Waals surface area contributed by atoms with Crippen LogP contribution in [0.25, 0.3) is 0 Å². The Morgan fingerprint density at radius 2 is 2.27 bits per heavy atom. The number of amides is 1. The molecule has 22 heavy (non-hydrogen) atoms. The van der Waals surface area contributed by atoms with Gasteiger partial charge in [0.25, 0.3) is 0 Å². The minimum atomic E-state index is -0.600. The average molecular weight is 339 g/mol. The fourth-order valence-electron chi connectivity index (χ4n) is 2.96. The van der Waals surface area contributed by atoms with Gasteiger partial charge in [0.15, 0.2) is 0 Å². The van der Waals surface area contributed by atoms with Gasteiger partial charge in [0.05, 0.1) is 5.56 Å². The van der Waals surface area contributed by atoms with Crippen molar-refractivity contribution in [2.24, 2.45) is 11.3 Å². The first kappa shape index (κ1) is 17.3. The molecule has 0 saturated carbocycles. The number of nitrogens with zero attached hydrogens (tertiary/aromatic N) is 1. The maximum atomic E-state index is 11.8. The summed E-state index contributed by atoms with van der Waals surface area (Å²) >= 11 is 7.36. The summed E-state index contributed by atoms with van der Waals surface area (Å²) in [5.74, 6) is 0.382. The van der Waals surface area contributed by atoms with Gasteiger partial charge in [0.2, 0.25) is 5.91 Å². The van der Waals surface area contributed by atoms with Gasteiger partial charge in [-0.1, -0.05) is 27.2 Å². The number of nitrogens with one attached hydrogen (secondary N) is 1. The second kappa shape index (κ2) is 6.60. The van der Waals surface area contributed by atoms with E-state index in [-0.39, 0.29) is 5.91 Å². The lowest BCUT2D eigenvalue weighted by atomic mass is 9.69. The van der Waals surface area contributed by atoms with Gasteiger partial charge in [-0.2, -0.15) is 5.26 Å². The quantitative estimate of drug-likeness (QED) is 0.807. The van der Waals surface area contributed by atoms with Crippen LogP contribution in [0.15, 0.2) is 0 Å². The number of fused-ring (bicyclic) bond motifs is 1. The van der Waals surface area contributed by atoms with Crippen LogP contribution in [0.2, 0.25) is 0 Å². The number of hydrogen-bond donors (Lipinski definition) is 1. The van der Waals surface area contributed by atoms with Crippen LogP contribution >= 0.6 is 22.9 Å². The Labute approximate surface area is 141 Å². The first-order chi connectivity index (χ1) is 10.3. The Hall–Kier alpha value is -1.05. The van der Waals surface area contributed by atoms with E-state index in [2.05, 4.69) is 32.2 Å². The lowest BCUT2D eigenvalue weighted by Gasteiger charge is -2.36. The van der Waals surface area contributed by atoms with Crippen LogP contribution in [0, 0.1) is 22.7 Å². The molecule has 2 atom stereocenters. The molecule has 2 unspecified atom stereocenters. The van der Waals surface area contributed by atoms with Crippen molar-refractivity contribution in [2.45, 2.75) is 58.8 Å². The second-order valence-corrected chi connectivity index (χ2v) is 8.47. The Morgan fingerprint density at radius 3 is 2.82 bits per heavy atom. The van der Waals surface area contributed by atoms with E-state index in [1.165, 1.54) is 4.88 Å². The number of anilines is 1. The Bertz CT molecular complexity index is 613. The van der Waals surface area contributed by atoms with Crippen molar-refractivity contribution in [1.82, 2.24) is 0 Å². The molecule has 0 aliphatic heterocycles. The third-order valence-corrected chi connectivity index (χ3v) is 6.36. The van der Waals surface area contributed by atoms with Crippen molar-refractivity contribution in [3.63, 3.8) is 0 Å². The van der Waals surface area contributed by atoms with E-state index in [1.807, 2.05) is 0 Å². The Morgan fingerprint density at radius 1 is 1.59 bits per heavy atom. The molecule has 2 rings (SSSR count). The zero-order valence-corrected chi connectivity index (χ0v) is 15.2. The van der Waals surface area contributed by atoms with E-state index in [0.717, 1.165) is 31.2 Å². The molecule has 0 bridgehead atoms. The van der Waals surface area contributed by atoms with Crippen LogP contribution in [0.5, 0.6) is 0 Å². The van der Waals surface area contributed by atoms with Crippen LogP contribution < -0.4 is 5.32 Å². The maximum Gasteiger partial charge on any atom is 0.242 e. The van der Waals surface area contributed by atoms with Crippen molar-refractivity contribution >= 4 is 33.8 Å². The molecular formula is C17H23ClN2OS. The summed E-state index contributed by atoms with van der Waals surface area (Å²) in [6, 6.07) is 2.27. The van der Waals surface area contributed by atoms with Crippen molar-refractivity contribution in [1.29, 1.82) is 5.26 Å². The molecule has 3 nitrogen and oxygen atoms in total. The molecule has 5 heteroatoms. The molecule has 0 spiro atoms. The van der Waals surface area contributed by atoms with E-state index >= 15 is 0 Å². The lowest BCUT2D eigenvalue weighted by Crippen LogP contribution is -2.28. The molecule has 1 heterocycles. The second-order valence-electron chi connectivity index (χ2n) is 6.71. The molecule has 1 aromatic rings. The summed E-state index contributed by atoms with van der Waals surface area (Å²) in [4.78, 5) is 13.1. The highest BCUT2D eigenvalue weighted by atomic mass is 35.5. The van der Waals surface area contributed by atoms with E-state index in [9.17, 15) is 10.1 Å². The third kappa shape index (κ3) is 3.31. The van der Waals surface area contributed by atoms with Gasteiger partial charge >= 0.3 is 0 Å². The summed E-state index contributed by atoms with van der Waals surface area (Å²) < 4.78 is 0. The number of hydrogen-bond acceptors (Lipinski definition) is 3. The van der Waals surface area contributed by atoms with Gasteiger partial charge in [-0.3, -0.25) is 4.79 Å². The van der Waals surface area contributed by atoms with Gasteiger partial charge < -0.3 is 5.32 Å². The van der Waals surface area contributed by atoms with Crippen LogP contribution in [0.3, 0.4) is 0 Å². The summed E-state index contributed by atoms with van der Waals surface area (Å²) in [5, 5.41) is 12.3. The molecule has 0 radical (unpaired) electrons. The highest BCUT2D eigenvalue weighted by Crippen LogP contribution is 2.45. The van der Waals surface area contributed by atoms with E-state index in [1.54, 1.807) is 18.3 Å². The van der Waals surface area contributed by atoms with Gasteiger partial charge in [-0.05, 0) is 43.1 Å². The largest absolute Gasteiger partial charge is 0.315 e. The van der Waals surface area contributed by atoms with Gasteiger partial charge in [-0.15, -0.1) is 22.9 Å². The first-order valence-corrected chi connectivity index (χ1v) is 9.05. The standard InChI is InChI=1S/C17H23ClN2OS/c1-5-17(3,4)11-6-7-12-13(9-19)16(22-14(12)8-11)20-15(21)10(2)18/h10-11H,5-8H2,1-4H3,(H,20,21). The van der Waals surface area contributed by atoms with Crippen molar-refractivity contribution in [3.05, 3.63) is 16.0 Å². The number of thiophene rings is 1. The van der Waals surface area contributed by atoms with Crippen LogP contribution in [0.1, 0.15) is 56.5 Å². The molecule has 1 amide bonds. The van der Waals surface area contributed by atoms with Crippen molar-refractivity contribution in [2.75, 3.05) is 5.32 Å². The summed E-state index contributed by atoms with van der Waals surface area (Å²) in [6.07, 6.45) is 4.19. The number of rotatable bonds is 4. The maximum absolute atomic E-state index is 11.8. The van der Waals surface area contributed by atoms with Gasteiger partial charge in [0.1, 0.15) is 16.4 Å². The molecule has 1 aromatic heterocycles.